The molecule has 0 spiro atoms. The highest BCUT2D eigenvalue weighted by Gasteiger charge is 2.10. The molecule has 0 fully saturated rings. The largest absolute Gasteiger partial charge is 0.398 e. The van der Waals surface area contributed by atoms with E-state index in [4.69, 9.17) is 10.9 Å². The highest BCUT2D eigenvalue weighted by atomic mass is 32.2. The van der Waals surface area contributed by atoms with Crippen molar-refractivity contribution in [3.63, 3.8) is 0 Å². The maximum atomic E-state index is 12.9. The van der Waals surface area contributed by atoms with Gasteiger partial charge in [0.25, 0.3) is 5.91 Å². The number of hydrogen-bond acceptors (Lipinski definition) is 4. The number of benzene rings is 1. The van der Waals surface area contributed by atoms with Crippen LogP contribution in [0.2, 0.25) is 0 Å². The molecule has 8 heteroatoms. The number of rotatable bonds is 5. The molecule has 5 N–H and O–H groups in total. The second-order valence-electron chi connectivity index (χ2n) is 3.71. The maximum Gasteiger partial charge on any atom is 0.253 e. The number of nitrogens with two attached hydrogens (primary N) is 2. The zero-order valence-corrected chi connectivity index (χ0v) is 10.3. The number of anilines is 1. The van der Waals surface area contributed by atoms with Crippen LogP contribution in [0.25, 0.3) is 0 Å². The van der Waals surface area contributed by atoms with Crippen LogP contribution in [0.4, 0.5) is 10.1 Å². The number of amides is 1. The molecule has 0 saturated carbocycles. The van der Waals surface area contributed by atoms with Gasteiger partial charge in [0.05, 0.1) is 11.3 Å². The first kappa shape index (κ1) is 14.4. The number of carbonyl (C=O) groups is 1. The van der Waals surface area contributed by atoms with E-state index in [1.807, 2.05) is 0 Å². The summed E-state index contributed by atoms with van der Waals surface area (Å²) in [6.07, 6.45) is 0.180. The molecule has 1 amide bonds. The minimum absolute atomic E-state index is 0.0191. The number of nitrogen functional groups attached to an aromatic ring is 1. The summed E-state index contributed by atoms with van der Waals surface area (Å²) < 4.78 is 34.2. The summed E-state index contributed by atoms with van der Waals surface area (Å²) in [5.41, 5.74) is 5.69. The van der Waals surface area contributed by atoms with Gasteiger partial charge in [-0.25, -0.2) is 17.9 Å². The second kappa shape index (κ2) is 5.78. The summed E-state index contributed by atoms with van der Waals surface area (Å²) in [6.45, 7) is 0.116. The van der Waals surface area contributed by atoms with E-state index in [-0.39, 0.29) is 30.0 Å². The predicted octanol–water partition coefficient (Wildman–Crippen LogP) is -0.184. The fraction of sp³-hybridized carbons (Fsp3) is 0.300. The molecule has 0 aromatic heterocycles. The molecule has 0 unspecified atom stereocenters. The normalized spacial score (nSPS) is 11.2. The molecule has 100 valence electrons. The fourth-order valence-electron chi connectivity index (χ4n) is 1.30. The Labute approximate surface area is 104 Å². The van der Waals surface area contributed by atoms with E-state index in [1.165, 1.54) is 6.07 Å². The van der Waals surface area contributed by atoms with Gasteiger partial charge in [-0.3, -0.25) is 4.79 Å². The number of sulfonamides is 1. The van der Waals surface area contributed by atoms with Crippen molar-refractivity contribution in [3.8, 4) is 0 Å². The standard InChI is InChI=1S/C10H14FN3O3S/c11-7-2-3-9(12)8(6-7)10(15)14-4-1-5-18(13,16)17/h2-3,6H,1,4-5,12H2,(H,14,15)(H2,13,16,17). The van der Waals surface area contributed by atoms with Crippen molar-refractivity contribution in [2.75, 3.05) is 18.0 Å². The van der Waals surface area contributed by atoms with Crippen LogP contribution in [0.5, 0.6) is 0 Å². The quantitative estimate of drug-likeness (QED) is 0.510. The molecule has 0 aliphatic heterocycles. The minimum atomic E-state index is -3.54. The second-order valence-corrected chi connectivity index (χ2v) is 5.44. The Kier molecular flexibility index (Phi) is 4.62. The van der Waals surface area contributed by atoms with Crippen molar-refractivity contribution in [3.05, 3.63) is 29.6 Å². The average molecular weight is 275 g/mol. The monoisotopic (exact) mass is 275 g/mol. The number of halogens is 1. The van der Waals surface area contributed by atoms with Crippen molar-refractivity contribution in [1.29, 1.82) is 0 Å². The van der Waals surface area contributed by atoms with E-state index >= 15 is 0 Å². The van der Waals surface area contributed by atoms with Crippen LogP contribution in [0.15, 0.2) is 18.2 Å². The third-order valence-corrected chi connectivity index (χ3v) is 3.01. The molecule has 6 nitrogen and oxygen atoms in total. The molecule has 0 heterocycles. The Balaban J connectivity index is 2.53. The lowest BCUT2D eigenvalue weighted by Crippen LogP contribution is -2.28. The molecule has 1 aromatic rings. The summed E-state index contributed by atoms with van der Waals surface area (Å²) in [4.78, 5) is 11.6. The molecule has 1 rings (SSSR count). The van der Waals surface area contributed by atoms with Crippen molar-refractivity contribution in [1.82, 2.24) is 5.32 Å². The summed E-state index contributed by atoms with van der Waals surface area (Å²) in [6, 6.07) is 3.45. The van der Waals surface area contributed by atoms with E-state index in [2.05, 4.69) is 5.32 Å². The number of carbonyl (C=O) groups excluding carboxylic acids is 1. The van der Waals surface area contributed by atoms with Gasteiger partial charge in [0.15, 0.2) is 0 Å². The lowest BCUT2D eigenvalue weighted by molar-refractivity contribution is 0.0954. The van der Waals surface area contributed by atoms with E-state index in [1.54, 1.807) is 0 Å². The minimum Gasteiger partial charge on any atom is -0.398 e. The predicted molar refractivity (Wildman–Crippen MR) is 65.7 cm³/mol. The molecule has 18 heavy (non-hydrogen) atoms. The SMILES string of the molecule is Nc1ccc(F)cc1C(=O)NCCCS(N)(=O)=O. The maximum absolute atomic E-state index is 12.9. The lowest BCUT2D eigenvalue weighted by Gasteiger charge is -2.07. The van der Waals surface area contributed by atoms with Gasteiger partial charge in [-0.2, -0.15) is 0 Å². The van der Waals surface area contributed by atoms with Gasteiger partial charge >= 0.3 is 0 Å². The fourth-order valence-corrected chi connectivity index (χ4v) is 1.84. The third-order valence-electron chi connectivity index (χ3n) is 2.15. The van der Waals surface area contributed by atoms with E-state index < -0.39 is 21.7 Å². The van der Waals surface area contributed by atoms with Crippen molar-refractivity contribution in [2.24, 2.45) is 5.14 Å². The molecular formula is C10H14FN3O3S. The summed E-state index contributed by atoms with van der Waals surface area (Å²) in [5.74, 6) is -1.35. The van der Waals surface area contributed by atoms with Crippen molar-refractivity contribution < 1.29 is 17.6 Å². The topological polar surface area (TPSA) is 115 Å². The van der Waals surface area contributed by atoms with E-state index in [0.29, 0.717) is 0 Å². The average Bonchev–Trinajstić information content (AvgIpc) is 2.26. The van der Waals surface area contributed by atoms with Gasteiger partial charge in [0.2, 0.25) is 10.0 Å². The van der Waals surface area contributed by atoms with Gasteiger partial charge in [0, 0.05) is 12.2 Å². The summed E-state index contributed by atoms with van der Waals surface area (Å²) in [5, 5.41) is 7.23. The zero-order valence-electron chi connectivity index (χ0n) is 9.52. The van der Waals surface area contributed by atoms with E-state index in [0.717, 1.165) is 12.1 Å². The Bertz CT molecular complexity index is 545. The van der Waals surface area contributed by atoms with Crippen molar-refractivity contribution >= 4 is 21.6 Å². The number of nitrogens with one attached hydrogen (secondary N) is 1. The molecule has 0 saturated heterocycles. The smallest absolute Gasteiger partial charge is 0.253 e. The van der Waals surface area contributed by atoms with Gasteiger partial charge in [-0.1, -0.05) is 0 Å². The number of primary sulfonamides is 1. The summed E-state index contributed by atoms with van der Waals surface area (Å²) in [7, 11) is -3.54. The van der Waals surface area contributed by atoms with Gasteiger partial charge in [0.1, 0.15) is 5.82 Å². The van der Waals surface area contributed by atoms with Crippen LogP contribution in [0.3, 0.4) is 0 Å². The third kappa shape index (κ3) is 4.68. The Morgan fingerprint density at radius 2 is 2.06 bits per heavy atom. The first-order chi connectivity index (χ1) is 8.29. The molecule has 0 radical (unpaired) electrons. The molecule has 0 atom stereocenters. The van der Waals surface area contributed by atoms with Gasteiger partial charge < -0.3 is 11.1 Å². The first-order valence-electron chi connectivity index (χ1n) is 5.13. The highest BCUT2D eigenvalue weighted by molar-refractivity contribution is 7.89. The van der Waals surface area contributed by atoms with Gasteiger partial charge in [-0.15, -0.1) is 0 Å². The van der Waals surface area contributed by atoms with Crippen LogP contribution in [0.1, 0.15) is 16.8 Å². The van der Waals surface area contributed by atoms with Crippen LogP contribution in [-0.2, 0) is 10.0 Å². The number of hydrogen-bond donors (Lipinski definition) is 3. The van der Waals surface area contributed by atoms with Crippen LogP contribution in [0, 0.1) is 5.82 Å². The Morgan fingerprint density at radius 3 is 2.67 bits per heavy atom. The first-order valence-corrected chi connectivity index (χ1v) is 6.85. The molecule has 1 aromatic carbocycles. The Hall–Kier alpha value is -1.67. The van der Waals surface area contributed by atoms with Crippen LogP contribution >= 0.6 is 0 Å². The lowest BCUT2D eigenvalue weighted by atomic mass is 10.1. The highest BCUT2D eigenvalue weighted by Crippen LogP contribution is 2.12. The van der Waals surface area contributed by atoms with Gasteiger partial charge in [-0.05, 0) is 24.6 Å². The Morgan fingerprint density at radius 1 is 1.39 bits per heavy atom. The van der Waals surface area contributed by atoms with Crippen molar-refractivity contribution in [2.45, 2.75) is 6.42 Å². The molecular weight excluding hydrogens is 261 g/mol. The molecule has 0 bridgehead atoms. The van der Waals surface area contributed by atoms with Crippen LogP contribution in [-0.4, -0.2) is 26.6 Å². The summed E-state index contributed by atoms with van der Waals surface area (Å²) >= 11 is 0. The zero-order chi connectivity index (χ0) is 13.8. The molecule has 0 aliphatic rings. The van der Waals surface area contributed by atoms with Crippen LogP contribution < -0.4 is 16.2 Å². The molecule has 0 aliphatic carbocycles. The van der Waals surface area contributed by atoms with E-state index in [9.17, 15) is 17.6 Å².